The SMILES string of the molecule is CC(C)(C)CCCCC(=O)NCCCCCCOP(=O)([O-])OCCN(CCOP(=O)([O-])O)C(=O)CCCCCNC(=O)CCCCC(C)(C)C. The van der Waals surface area contributed by atoms with Crippen LogP contribution in [0.15, 0.2) is 0 Å². The fourth-order valence-corrected chi connectivity index (χ4v) is 5.98. The van der Waals surface area contributed by atoms with E-state index < -0.39 is 28.9 Å². The Morgan fingerprint density at radius 2 is 1.02 bits per heavy atom. The first-order valence-corrected chi connectivity index (χ1v) is 21.2. The van der Waals surface area contributed by atoms with Crippen LogP contribution in [0.2, 0.25) is 0 Å². The van der Waals surface area contributed by atoms with E-state index in [0.717, 1.165) is 51.4 Å². The van der Waals surface area contributed by atoms with E-state index in [-0.39, 0.29) is 54.7 Å². The number of carbonyl (C=O) groups is 3. The molecule has 0 fully saturated rings. The normalized spacial score (nSPS) is 14.5. The van der Waals surface area contributed by atoms with Gasteiger partial charge in [-0.05, 0) is 62.2 Å². The van der Waals surface area contributed by atoms with Gasteiger partial charge in [-0.3, -0.25) is 23.5 Å². The molecule has 0 aliphatic carbocycles. The molecular formula is C34H67N3O11P2-2. The summed E-state index contributed by atoms with van der Waals surface area (Å²) in [5, 5.41) is 5.80. The number of hydrogen-bond acceptors (Lipinski definition) is 10. The van der Waals surface area contributed by atoms with Gasteiger partial charge in [0.25, 0.3) is 15.6 Å². The van der Waals surface area contributed by atoms with Crippen LogP contribution >= 0.6 is 15.6 Å². The van der Waals surface area contributed by atoms with Gasteiger partial charge in [-0.25, -0.2) is 0 Å². The predicted molar refractivity (Wildman–Crippen MR) is 191 cm³/mol. The Morgan fingerprint density at radius 3 is 1.50 bits per heavy atom. The quantitative estimate of drug-likeness (QED) is 0.0628. The molecule has 16 heteroatoms. The van der Waals surface area contributed by atoms with Crippen LogP contribution in [0.4, 0.5) is 0 Å². The minimum Gasteiger partial charge on any atom is -0.756 e. The summed E-state index contributed by atoms with van der Waals surface area (Å²) < 4.78 is 37.3. The number of phosphoric acid groups is 2. The summed E-state index contributed by atoms with van der Waals surface area (Å²) in [5.41, 5.74) is 0.525. The number of nitrogens with zero attached hydrogens (tertiary/aromatic N) is 1. The van der Waals surface area contributed by atoms with Gasteiger partial charge in [0.1, 0.15) is 0 Å². The molecule has 0 aromatic heterocycles. The topological polar surface area (TPSA) is 207 Å². The molecule has 0 rings (SSSR count). The molecule has 296 valence electrons. The third kappa shape index (κ3) is 33.8. The van der Waals surface area contributed by atoms with E-state index in [4.69, 9.17) is 13.9 Å². The van der Waals surface area contributed by atoms with Gasteiger partial charge in [0.2, 0.25) is 17.7 Å². The minimum absolute atomic E-state index is 0.00942. The van der Waals surface area contributed by atoms with Gasteiger partial charge in [-0.1, -0.05) is 73.6 Å². The highest BCUT2D eigenvalue weighted by Crippen LogP contribution is 2.38. The van der Waals surface area contributed by atoms with Crippen molar-refractivity contribution < 1.29 is 51.8 Å². The van der Waals surface area contributed by atoms with Crippen molar-refractivity contribution in [2.45, 2.75) is 144 Å². The monoisotopic (exact) mass is 755 g/mol. The van der Waals surface area contributed by atoms with Gasteiger partial charge >= 0.3 is 0 Å². The fraction of sp³-hybridized carbons (Fsp3) is 0.912. The lowest BCUT2D eigenvalue weighted by Gasteiger charge is -2.27. The molecule has 50 heavy (non-hydrogen) atoms. The van der Waals surface area contributed by atoms with E-state index in [1.54, 1.807) is 0 Å². The van der Waals surface area contributed by atoms with Crippen molar-refractivity contribution >= 4 is 33.4 Å². The largest absolute Gasteiger partial charge is 0.756 e. The number of carbonyl (C=O) groups excluding carboxylic acids is 3. The summed E-state index contributed by atoms with van der Waals surface area (Å²) in [6.07, 6.45) is 11.6. The van der Waals surface area contributed by atoms with Crippen LogP contribution in [0.3, 0.4) is 0 Å². The van der Waals surface area contributed by atoms with Crippen LogP contribution in [-0.2, 0) is 37.1 Å². The van der Waals surface area contributed by atoms with Gasteiger partial charge in [0.05, 0.1) is 19.8 Å². The van der Waals surface area contributed by atoms with Gasteiger partial charge in [-0.15, -0.1) is 0 Å². The Labute approximate surface area is 301 Å². The van der Waals surface area contributed by atoms with Gasteiger partial charge in [-0.2, -0.15) is 0 Å². The average molecular weight is 756 g/mol. The van der Waals surface area contributed by atoms with E-state index in [1.807, 2.05) is 0 Å². The van der Waals surface area contributed by atoms with Crippen LogP contribution in [0.25, 0.3) is 0 Å². The third-order valence-electron chi connectivity index (χ3n) is 7.77. The number of amides is 3. The molecule has 0 aromatic carbocycles. The molecule has 0 saturated carbocycles. The van der Waals surface area contributed by atoms with Crippen molar-refractivity contribution in [3.8, 4) is 0 Å². The second-order valence-electron chi connectivity index (χ2n) is 15.3. The molecule has 0 spiro atoms. The number of nitrogens with one attached hydrogen (secondary N) is 2. The predicted octanol–water partition coefficient (Wildman–Crippen LogP) is 5.36. The summed E-state index contributed by atoms with van der Waals surface area (Å²) in [7, 11) is -9.62. The van der Waals surface area contributed by atoms with E-state index in [9.17, 15) is 33.3 Å². The standard InChI is InChI=1S/C34H69N3O11P2/c1-33(2,3)21-13-11-18-30(38)35-23-15-7-8-17-27-47-50(44,45)48-29-26-37(25-28-46-49(41,42)43)32(40)20-10-9-16-24-36-31(39)19-12-14-22-34(4,5)6/h7-29H2,1-6H3,(H,35,38)(H,36,39)(H,44,45)(H2,41,42,43)/p-2. The first-order chi connectivity index (χ1) is 23.2. The lowest BCUT2D eigenvalue weighted by molar-refractivity contribution is -0.225. The first kappa shape index (κ1) is 48.6. The number of rotatable bonds is 30. The smallest absolute Gasteiger partial charge is 0.267 e. The highest BCUT2D eigenvalue weighted by atomic mass is 31.2. The second-order valence-corrected chi connectivity index (χ2v) is 17.9. The zero-order valence-corrected chi connectivity index (χ0v) is 33.4. The molecule has 3 amide bonds. The minimum atomic E-state index is -4.99. The van der Waals surface area contributed by atoms with E-state index in [0.29, 0.717) is 58.0 Å². The van der Waals surface area contributed by atoms with Crippen LogP contribution in [0.1, 0.15) is 144 Å². The van der Waals surface area contributed by atoms with Crippen molar-refractivity contribution in [3.63, 3.8) is 0 Å². The molecule has 2 unspecified atom stereocenters. The molecule has 0 radical (unpaired) electrons. The van der Waals surface area contributed by atoms with Gasteiger partial charge in [0.15, 0.2) is 0 Å². The van der Waals surface area contributed by atoms with Crippen molar-refractivity contribution in [1.29, 1.82) is 0 Å². The Morgan fingerprint density at radius 1 is 0.600 bits per heavy atom. The summed E-state index contributed by atoms with van der Waals surface area (Å²) in [6.45, 7) is 12.8. The van der Waals surface area contributed by atoms with E-state index >= 15 is 0 Å². The first-order valence-electron chi connectivity index (χ1n) is 18.3. The fourth-order valence-electron chi connectivity index (χ4n) is 4.93. The molecule has 0 bridgehead atoms. The van der Waals surface area contributed by atoms with Crippen LogP contribution in [0, 0.1) is 10.8 Å². The molecule has 0 heterocycles. The number of unbranched alkanes of at least 4 members (excludes halogenated alkanes) is 7. The van der Waals surface area contributed by atoms with Crippen molar-refractivity contribution in [1.82, 2.24) is 15.5 Å². The van der Waals surface area contributed by atoms with E-state index in [1.165, 1.54) is 4.90 Å². The summed E-state index contributed by atoms with van der Waals surface area (Å²) in [6, 6.07) is 0. The highest BCUT2D eigenvalue weighted by Gasteiger charge is 2.17. The highest BCUT2D eigenvalue weighted by molar-refractivity contribution is 7.45. The molecule has 3 N–H and O–H groups in total. The number of hydrogen-bond donors (Lipinski definition) is 3. The Hall–Kier alpha value is -1.37. The maximum atomic E-state index is 12.8. The molecule has 2 atom stereocenters. The maximum absolute atomic E-state index is 12.8. The molecule has 0 aliphatic heterocycles. The summed E-state index contributed by atoms with van der Waals surface area (Å²) >= 11 is 0. The average Bonchev–Trinajstić information content (AvgIpc) is 2.98. The van der Waals surface area contributed by atoms with E-state index in [2.05, 4.69) is 56.7 Å². The maximum Gasteiger partial charge on any atom is 0.267 e. The lowest BCUT2D eigenvalue weighted by atomic mass is 9.89. The van der Waals surface area contributed by atoms with Crippen molar-refractivity contribution in [2.24, 2.45) is 10.8 Å². The van der Waals surface area contributed by atoms with Gasteiger partial charge < -0.3 is 43.8 Å². The third-order valence-corrected chi connectivity index (χ3v) is 9.28. The number of phosphoric ester groups is 2. The Bertz CT molecular complexity index is 1040. The molecule has 0 saturated heterocycles. The zero-order valence-electron chi connectivity index (χ0n) is 31.6. The van der Waals surface area contributed by atoms with Crippen molar-refractivity contribution in [2.75, 3.05) is 46.0 Å². The van der Waals surface area contributed by atoms with Crippen LogP contribution < -0.4 is 20.4 Å². The molecule has 0 aliphatic rings. The Kier molecular flexibility index (Phi) is 25.7. The Balaban J connectivity index is 4.28. The van der Waals surface area contributed by atoms with Crippen LogP contribution in [-0.4, -0.2) is 73.5 Å². The summed E-state index contributed by atoms with van der Waals surface area (Å²) in [5.74, 6) is -0.305. The zero-order chi connectivity index (χ0) is 38.1. The lowest BCUT2D eigenvalue weighted by Crippen LogP contribution is -2.36. The van der Waals surface area contributed by atoms with Gasteiger partial charge in [0, 0.05) is 45.4 Å². The van der Waals surface area contributed by atoms with Crippen LogP contribution in [0.5, 0.6) is 0 Å². The molecule has 14 nitrogen and oxygen atoms in total. The second kappa shape index (κ2) is 26.4. The van der Waals surface area contributed by atoms with Crippen molar-refractivity contribution in [3.05, 3.63) is 0 Å². The molecule has 0 aromatic rings. The molecular weight excluding hydrogens is 688 g/mol. The summed E-state index contributed by atoms with van der Waals surface area (Å²) in [4.78, 5) is 70.0.